The molecule has 0 radical (unpaired) electrons. The molecule has 1 aliphatic heterocycles. The monoisotopic (exact) mass is 295 g/mol. The smallest absolute Gasteiger partial charge is 0.223 e. The maximum absolute atomic E-state index is 12.2. The molecule has 1 atom stereocenters. The van der Waals surface area contributed by atoms with Crippen molar-refractivity contribution in [3.8, 4) is 0 Å². The number of aromatic nitrogens is 3. The maximum Gasteiger partial charge on any atom is 0.223 e. The van der Waals surface area contributed by atoms with Crippen molar-refractivity contribution in [1.29, 1.82) is 0 Å². The minimum atomic E-state index is 0.116. The Bertz CT molecular complexity index is 427. The van der Waals surface area contributed by atoms with Crippen molar-refractivity contribution in [2.24, 2.45) is 5.92 Å². The Morgan fingerprint density at radius 2 is 2.43 bits per heavy atom. The summed E-state index contributed by atoms with van der Waals surface area (Å²) >= 11 is 0. The van der Waals surface area contributed by atoms with E-state index in [-0.39, 0.29) is 11.8 Å². The van der Waals surface area contributed by atoms with Gasteiger partial charge < -0.3 is 19.9 Å². The molecule has 1 aromatic rings. The van der Waals surface area contributed by atoms with E-state index in [9.17, 15) is 4.79 Å². The highest BCUT2D eigenvalue weighted by Crippen LogP contribution is 2.13. The molecular formula is C14H25N5O2. The van der Waals surface area contributed by atoms with Crippen LogP contribution in [0.15, 0.2) is 6.33 Å². The molecule has 21 heavy (non-hydrogen) atoms. The molecule has 2 rings (SSSR count). The first kappa shape index (κ1) is 15.9. The van der Waals surface area contributed by atoms with Gasteiger partial charge in [0.25, 0.3) is 0 Å². The first-order chi connectivity index (χ1) is 10.3. The number of carbonyl (C=O) groups is 1. The third-order valence-electron chi connectivity index (χ3n) is 3.81. The van der Waals surface area contributed by atoms with E-state index in [0.29, 0.717) is 13.2 Å². The van der Waals surface area contributed by atoms with Crippen LogP contribution in [0, 0.1) is 5.92 Å². The molecule has 0 spiro atoms. The van der Waals surface area contributed by atoms with Crippen molar-refractivity contribution in [1.82, 2.24) is 25.4 Å². The Morgan fingerprint density at radius 1 is 1.52 bits per heavy atom. The lowest BCUT2D eigenvalue weighted by atomic mass is 10.00. The van der Waals surface area contributed by atoms with E-state index < -0.39 is 0 Å². The molecule has 118 valence electrons. The second kappa shape index (κ2) is 8.74. The molecular weight excluding hydrogens is 270 g/mol. The quantitative estimate of drug-likeness (QED) is 0.708. The van der Waals surface area contributed by atoms with Gasteiger partial charge in [0.05, 0.1) is 6.54 Å². The summed E-state index contributed by atoms with van der Waals surface area (Å²) in [7, 11) is 1.69. The van der Waals surface area contributed by atoms with Crippen molar-refractivity contribution < 1.29 is 9.53 Å². The molecule has 2 heterocycles. The Labute approximate surface area is 125 Å². The highest BCUT2D eigenvalue weighted by molar-refractivity contribution is 5.78. The number of hydrogen-bond acceptors (Lipinski definition) is 5. The summed E-state index contributed by atoms with van der Waals surface area (Å²) in [4.78, 5) is 12.2. The molecule has 1 amide bonds. The van der Waals surface area contributed by atoms with E-state index in [1.165, 1.54) is 0 Å². The van der Waals surface area contributed by atoms with Crippen LogP contribution in [-0.4, -0.2) is 47.5 Å². The SMILES string of the molecule is COCCCn1cnnc1CNC(=O)[C@@H]1CCCNCC1. The first-order valence-corrected chi connectivity index (χ1v) is 7.65. The predicted molar refractivity (Wildman–Crippen MR) is 78.6 cm³/mol. The lowest BCUT2D eigenvalue weighted by Gasteiger charge is -2.14. The minimum absolute atomic E-state index is 0.116. The number of carbonyl (C=O) groups excluding carboxylic acids is 1. The lowest BCUT2D eigenvalue weighted by Crippen LogP contribution is -2.31. The summed E-state index contributed by atoms with van der Waals surface area (Å²) < 4.78 is 7.01. The van der Waals surface area contributed by atoms with Crippen molar-refractivity contribution in [2.75, 3.05) is 26.8 Å². The van der Waals surface area contributed by atoms with Crippen LogP contribution in [0.5, 0.6) is 0 Å². The zero-order valence-corrected chi connectivity index (χ0v) is 12.7. The number of nitrogens with zero attached hydrogens (tertiary/aromatic N) is 3. The zero-order valence-electron chi connectivity index (χ0n) is 12.7. The fourth-order valence-electron chi connectivity index (χ4n) is 2.57. The van der Waals surface area contributed by atoms with Gasteiger partial charge in [-0.2, -0.15) is 0 Å². The third kappa shape index (κ3) is 5.09. The highest BCUT2D eigenvalue weighted by Gasteiger charge is 2.20. The summed E-state index contributed by atoms with van der Waals surface area (Å²) in [6, 6.07) is 0. The standard InChI is InChI=1S/C14H25N5O2/c1-21-9-3-8-19-11-17-18-13(19)10-16-14(20)12-4-2-6-15-7-5-12/h11-12,15H,2-10H2,1H3,(H,16,20)/t12-/m1/s1. The molecule has 7 nitrogen and oxygen atoms in total. The second-order valence-electron chi connectivity index (χ2n) is 5.38. The van der Waals surface area contributed by atoms with Crippen molar-refractivity contribution in [3.05, 3.63) is 12.2 Å². The Kier molecular flexibility index (Phi) is 6.62. The van der Waals surface area contributed by atoms with Crippen LogP contribution in [0.1, 0.15) is 31.5 Å². The number of methoxy groups -OCH3 is 1. The van der Waals surface area contributed by atoms with Crippen molar-refractivity contribution in [2.45, 2.75) is 38.8 Å². The second-order valence-corrected chi connectivity index (χ2v) is 5.38. The van der Waals surface area contributed by atoms with E-state index in [4.69, 9.17) is 4.74 Å². The molecule has 0 unspecified atom stereocenters. The van der Waals surface area contributed by atoms with E-state index >= 15 is 0 Å². The van der Waals surface area contributed by atoms with Gasteiger partial charge in [-0.1, -0.05) is 0 Å². The van der Waals surface area contributed by atoms with Gasteiger partial charge in [0, 0.05) is 26.2 Å². The average Bonchev–Trinajstić information content (AvgIpc) is 2.76. The third-order valence-corrected chi connectivity index (χ3v) is 3.81. The summed E-state index contributed by atoms with van der Waals surface area (Å²) in [5.74, 6) is 1.04. The van der Waals surface area contributed by atoms with Gasteiger partial charge >= 0.3 is 0 Å². The van der Waals surface area contributed by atoms with Gasteiger partial charge in [-0.05, 0) is 38.8 Å². The van der Waals surface area contributed by atoms with Crippen LogP contribution < -0.4 is 10.6 Å². The van der Waals surface area contributed by atoms with Gasteiger partial charge in [-0.15, -0.1) is 10.2 Å². The molecule has 0 saturated carbocycles. The largest absolute Gasteiger partial charge is 0.385 e. The number of ether oxygens (including phenoxy) is 1. The minimum Gasteiger partial charge on any atom is -0.385 e. The van der Waals surface area contributed by atoms with Crippen LogP contribution in [0.3, 0.4) is 0 Å². The fraction of sp³-hybridized carbons (Fsp3) is 0.786. The summed E-state index contributed by atoms with van der Waals surface area (Å²) in [5, 5.41) is 14.3. The maximum atomic E-state index is 12.2. The summed E-state index contributed by atoms with van der Waals surface area (Å²) in [5.41, 5.74) is 0. The van der Waals surface area contributed by atoms with E-state index in [0.717, 1.165) is 51.1 Å². The Morgan fingerprint density at radius 3 is 3.29 bits per heavy atom. The molecule has 0 aliphatic carbocycles. The van der Waals surface area contributed by atoms with Gasteiger partial charge in [-0.25, -0.2) is 0 Å². The number of nitrogens with one attached hydrogen (secondary N) is 2. The summed E-state index contributed by atoms with van der Waals surface area (Å²) in [6.07, 6.45) is 5.54. The molecule has 1 aromatic heterocycles. The molecule has 0 bridgehead atoms. The van der Waals surface area contributed by atoms with Gasteiger partial charge in [0.1, 0.15) is 6.33 Å². The number of rotatable bonds is 7. The number of aryl methyl sites for hydroxylation is 1. The molecule has 2 N–H and O–H groups in total. The molecule has 1 fully saturated rings. The Balaban J connectivity index is 1.79. The average molecular weight is 295 g/mol. The van der Waals surface area contributed by atoms with E-state index in [2.05, 4.69) is 20.8 Å². The fourth-order valence-corrected chi connectivity index (χ4v) is 2.57. The number of amides is 1. The topological polar surface area (TPSA) is 81.1 Å². The van der Waals surface area contributed by atoms with Crippen LogP contribution in [-0.2, 0) is 22.6 Å². The predicted octanol–water partition coefficient (Wildman–Crippen LogP) is 0.321. The van der Waals surface area contributed by atoms with E-state index in [1.54, 1.807) is 13.4 Å². The molecule has 1 aliphatic rings. The molecule has 0 aromatic carbocycles. The van der Waals surface area contributed by atoms with Crippen LogP contribution in [0.25, 0.3) is 0 Å². The highest BCUT2D eigenvalue weighted by atomic mass is 16.5. The first-order valence-electron chi connectivity index (χ1n) is 7.65. The number of hydrogen-bond donors (Lipinski definition) is 2. The van der Waals surface area contributed by atoms with Crippen LogP contribution in [0.4, 0.5) is 0 Å². The molecule has 1 saturated heterocycles. The van der Waals surface area contributed by atoms with Crippen LogP contribution in [0.2, 0.25) is 0 Å². The van der Waals surface area contributed by atoms with Crippen molar-refractivity contribution >= 4 is 5.91 Å². The van der Waals surface area contributed by atoms with Crippen molar-refractivity contribution in [3.63, 3.8) is 0 Å². The van der Waals surface area contributed by atoms with E-state index in [1.807, 2.05) is 4.57 Å². The molecule has 7 heteroatoms. The zero-order chi connectivity index (χ0) is 14.9. The van der Waals surface area contributed by atoms with Gasteiger partial charge in [-0.3, -0.25) is 4.79 Å². The van der Waals surface area contributed by atoms with Crippen LogP contribution >= 0.6 is 0 Å². The Hall–Kier alpha value is -1.47. The van der Waals surface area contributed by atoms with Gasteiger partial charge in [0.15, 0.2) is 5.82 Å². The normalized spacial score (nSPS) is 19.2. The van der Waals surface area contributed by atoms with Gasteiger partial charge in [0.2, 0.25) is 5.91 Å². The summed E-state index contributed by atoms with van der Waals surface area (Å²) in [6.45, 7) is 3.89. The lowest BCUT2D eigenvalue weighted by molar-refractivity contribution is -0.125.